The van der Waals surface area contributed by atoms with E-state index in [9.17, 15) is 28.8 Å². The number of rotatable bonds is 15. The second kappa shape index (κ2) is 20.0. The number of amides is 5. The number of carbonyl (C=O) groups is 6. The Labute approximate surface area is 421 Å². The van der Waals surface area contributed by atoms with Crippen LogP contribution in [0.3, 0.4) is 0 Å². The van der Waals surface area contributed by atoms with Gasteiger partial charge in [0.2, 0.25) is 16.4 Å². The SMILES string of the molecule is CC(C)(C)OC(=O)Nc1nc(/C(=N/OC2(C(=O)OC(c3ccccc3)c3ccccc3)CCC2)C(=O)N[C@@H]2C(=O)N3C[C@@](C(=O)OC(c4ccccc4)c4ccccc4)(N4CCN(N)C4=O)S[C@H]23)c(Cl)s1. The second-order valence-electron chi connectivity index (χ2n) is 18.2. The van der Waals surface area contributed by atoms with Gasteiger partial charge in [-0.3, -0.25) is 24.8 Å². The molecule has 1 aromatic heterocycles. The smallest absolute Gasteiger partial charge is 0.413 e. The quantitative estimate of drug-likeness (QED) is 0.0180. The first-order valence-electron chi connectivity index (χ1n) is 22.7. The van der Waals surface area contributed by atoms with Crippen molar-refractivity contribution in [3.05, 3.63) is 154 Å². The normalized spacial score (nSPS) is 20.5. The summed E-state index contributed by atoms with van der Waals surface area (Å²) in [6, 6.07) is 34.7. The fourth-order valence-electron chi connectivity index (χ4n) is 8.52. The van der Waals surface area contributed by atoms with E-state index in [0.29, 0.717) is 28.7 Å². The Bertz CT molecular complexity index is 2770. The van der Waals surface area contributed by atoms with Gasteiger partial charge in [-0.15, -0.1) is 0 Å². The van der Waals surface area contributed by atoms with E-state index in [-0.39, 0.29) is 47.6 Å². The summed E-state index contributed by atoms with van der Waals surface area (Å²) in [5.41, 5.74) is -0.487. The lowest BCUT2D eigenvalue weighted by Crippen LogP contribution is -2.68. The molecule has 9 rings (SSSR count). The number of thioether (sulfide) groups is 1. The number of nitrogens with zero attached hydrogens (tertiary/aromatic N) is 5. The monoisotopic (exact) mass is 1020 g/mol. The van der Waals surface area contributed by atoms with Gasteiger partial charge in [0, 0.05) is 19.4 Å². The first-order chi connectivity index (χ1) is 34.1. The van der Waals surface area contributed by atoms with E-state index in [1.807, 2.05) is 121 Å². The van der Waals surface area contributed by atoms with Gasteiger partial charge in [0.15, 0.2) is 23.1 Å². The number of fused-ring (bicyclic) bond motifs is 1. The van der Waals surface area contributed by atoms with Crippen molar-refractivity contribution in [3.63, 3.8) is 0 Å². The Hall–Kier alpha value is -7.00. The molecule has 4 fully saturated rings. The average Bonchev–Trinajstić information content (AvgIpc) is 4.02. The van der Waals surface area contributed by atoms with E-state index < -0.39 is 81.3 Å². The van der Waals surface area contributed by atoms with Crippen LogP contribution in [-0.2, 0) is 38.2 Å². The Morgan fingerprint density at radius 1 is 0.803 bits per heavy atom. The van der Waals surface area contributed by atoms with Crippen LogP contribution in [0.4, 0.5) is 14.7 Å². The van der Waals surface area contributed by atoms with Crippen molar-refractivity contribution in [3.8, 4) is 0 Å². The van der Waals surface area contributed by atoms with Crippen LogP contribution in [0.5, 0.6) is 0 Å². The molecule has 3 saturated heterocycles. The Morgan fingerprint density at radius 3 is 1.79 bits per heavy atom. The lowest BCUT2D eigenvalue weighted by Gasteiger charge is -2.41. The van der Waals surface area contributed by atoms with E-state index in [4.69, 9.17) is 36.5 Å². The standard InChI is InChI=1S/C50H49ClN8O10S2/c1-48(2,3)68-46(64)55-45-54-34(39(51)70-45)35(56-69-49(25-16-26-49)43(62)66-37(30-17-8-4-9-18-30)31-19-10-5-11-20-31)40(60)53-36-41(61)57-29-50(71-42(36)57,58-27-28-59(52)47(58)65)44(63)67-38(32-21-12-6-13-22-32)33-23-14-7-15-24-33/h4-15,17-24,36-38,42H,16,25-29,52H2,1-3H3,(H,53,60)(H,54,55,64)/b56-35-/t36-,42-,50-/m1/s1. The third-order valence-electron chi connectivity index (χ3n) is 12.3. The summed E-state index contributed by atoms with van der Waals surface area (Å²) >= 11 is 8.52. The maximum absolute atomic E-state index is 14.8. The highest BCUT2D eigenvalue weighted by Gasteiger charge is 2.67. The molecule has 1 saturated carbocycles. The predicted octanol–water partition coefficient (Wildman–Crippen LogP) is 7.16. The molecule has 4 aliphatic rings. The minimum absolute atomic E-state index is 0.0440. The number of halogens is 1. The van der Waals surface area contributed by atoms with Crippen LogP contribution in [0.15, 0.2) is 126 Å². The maximum Gasteiger partial charge on any atom is 0.413 e. The highest BCUT2D eigenvalue weighted by Crippen LogP contribution is 2.51. The van der Waals surface area contributed by atoms with Gasteiger partial charge in [-0.2, -0.15) is 0 Å². The molecule has 1 aliphatic carbocycles. The zero-order valence-corrected chi connectivity index (χ0v) is 41.1. The van der Waals surface area contributed by atoms with Gasteiger partial charge in [0.1, 0.15) is 27.0 Å². The van der Waals surface area contributed by atoms with E-state index >= 15 is 0 Å². The number of nitrogens with one attached hydrogen (secondary N) is 2. The zero-order valence-electron chi connectivity index (χ0n) is 38.7. The number of hydrogen-bond acceptors (Lipinski definition) is 15. The summed E-state index contributed by atoms with van der Waals surface area (Å²) in [5, 5.41) is 9.54. The molecular weight excluding hydrogens is 972 g/mol. The topological polar surface area (TPSA) is 224 Å². The molecule has 4 heterocycles. The van der Waals surface area contributed by atoms with E-state index in [1.54, 1.807) is 20.8 Å². The molecule has 4 aromatic carbocycles. The second-order valence-corrected chi connectivity index (χ2v) is 21.2. The van der Waals surface area contributed by atoms with Crippen molar-refractivity contribution in [2.24, 2.45) is 11.0 Å². The molecule has 0 bridgehead atoms. The fraction of sp³-hybridized carbons (Fsp3) is 0.320. The molecule has 0 spiro atoms. The number of nitrogens with two attached hydrogens (primary N) is 1. The van der Waals surface area contributed by atoms with Crippen molar-refractivity contribution in [2.45, 2.75) is 79.7 Å². The number of aromatic nitrogens is 1. The molecule has 3 aliphatic heterocycles. The number of anilines is 1. The van der Waals surface area contributed by atoms with Crippen LogP contribution < -0.4 is 16.5 Å². The summed E-state index contributed by atoms with van der Waals surface area (Å²) in [5.74, 6) is 2.95. The molecule has 3 atom stereocenters. The van der Waals surface area contributed by atoms with Gasteiger partial charge in [-0.25, -0.2) is 30.0 Å². The molecule has 71 heavy (non-hydrogen) atoms. The summed E-state index contributed by atoms with van der Waals surface area (Å²) in [6.07, 6.45) is -1.58. The average molecular weight is 1020 g/mol. The van der Waals surface area contributed by atoms with Crippen LogP contribution in [0, 0.1) is 0 Å². The predicted molar refractivity (Wildman–Crippen MR) is 264 cm³/mol. The number of hydrazine groups is 1. The van der Waals surface area contributed by atoms with Crippen molar-refractivity contribution in [1.82, 2.24) is 25.1 Å². The highest BCUT2D eigenvalue weighted by molar-refractivity contribution is 8.02. The number of β-lactam (4-membered cyclic amide) rings is 1. The largest absolute Gasteiger partial charge is 0.450 e. The lowest BCUT2D eigenvalue weighted by atomic mass is 9.80. The zero-order chi connectivity index (χ0) is 50.1. The number of hydrogen-bond donors (Lipinski definition) is 3. The summed E-state index contributed by atoms with van der Waals surface area (Å²) in [7, 11) is 0. The number of carbonyl (C=O) groups excluding carboxylic acids is 6. The first kappa shape index (κ1) is 49.0. The molecule has 368 valence electrons. The third kappa shape index (κ3) is 10.0. The van der Waals surface area contributed by atoms with Gasteiger partial charge in [0.05, 0.1) is 13.1 Å². The minimum atomic E-state index is -1.79. The van der Waals surface area contributed by atoms with Crippen LogP contribution in [-0.4, -0.2) is 109 Å². The van der Waals surface area contributed by atoms with Crippen LogP contribution >= 0.6 is 34.7 Å². The van der Waals surface area contributed by atoms with Crippen molar-refractivity contribution in [1.29, 1.82) is 0 Å². The lowest BCUT2D eigenvalue weighted by molar-refractivity contribution is -0.189. The number of ether oxygens (including phenoxy) is 3. The van der Waals surface area contributed by atoms with Gasteiger partial charge in [-0.05, 0) is 49.4 Å². The first-order valence-corrected chi connectivity index (χ1v) is 24.8. The molecule has 21 heteroatoms. The Kier molecular flexibility index (Phi) is 13.8. The van der Waals surface area contributed by atoms with Crippen LogP contribution in [0.2, 0.25) is 4.34 Å². The number of urea groups is 1. The highest BCUT2D eigenvalue weighted by atomic mass is 35.5. The van der Waals surface area contributed by atoms with Crippen LogP contribution in [0.25, 0.3) is 0 Å². The van der Waals surface area contributed by atoms with Crippen LogP contribution in [0.1, 0.15) is 80.2 Å². The number of thiazole rings is 1. The van der Waals surface area contributed by atoms with Crippen molar-refractivity contribution in [2.75, 3.05) is 25.0 Å². The molecule has 5 amide bonds. The van der Waals surface area contributed by atoms with Crippen molar-refractivity contribution < 1.29 is 47.8 Å². The molecule has 18 nitrogen and oxygen atoms in total. The van der Waals surface area contributed by atoms with E-state index in [1.165, 1.54) is 9.80 Å². The van der Waals surface area contributed by atoms with Gasteiger partial charge in [-0.1, -0.05) is 161 Å². The Balaban J connectivity index is 1.01. The number of esters is 2. The molecule has 4 N–H and O–H groups in total. The van der Waals surface area contributed by atoms with Crippen molar-refractivity contribution >= 4 is 81.4 Å². The number of benzene rings is 4. The Morgan fingerprint density at radius 2 is 1.32 bits per heavy atom. The van der Waals surface area contributed by atoms with Gasteiger partial charge < -0.3 is 29.3 Å². The minimum Gasteiger partial charge on any atom is -0.450 e. The summed E-state index contributed by atoms with van der Waals surface area (Å²) < 4.78 is 17.8. The summed E-state index contributed by atoms with van der Waals surface area (Å²) in [6.45, 7) is 4.92. The summed E-state index contributed by atoms with van der Waals surface area (Å²) in [4.78, 5) is 95.8. The molecule has 0 unspecified atom stereocenters. The van der Waals surface area contributed by atoms with Gasteiger partial charge in [0.25, 0.3) is 5.91 Å². The molecule has 5 aromatic rings. The third-order valence-corrected chi connectivity index (χ3v) is 15.1. The molecular formula is C50H49ClN8O10S2. The maximum atomic E-state index is 14.8. The van der Waals surface area contributed by atoms with Gasteiger partial charge >= 0.3 is 24.1 Å². The van der Waals surface area contributed by atoms with E-state index in [0.717, 1.165) is 28.1 Å². The fourth-order valence-corrected chi connectivity index (χ4v) is 11.2. The number of oxime groups is 1. The molecule has 0 radical (unpaired) electrons. The van der Waals surface area contributed by atoms with E-state index in [2.05, 4.69) is 20.8 Å².